The fourth-order valence-electron chi connectivity index (χ4n) is 2.22. The van der Waals surface area contributed by atoms with E-state index >= 15 is 0 Å². The van der Waals surface area contributed by atoms with Gasteiger partial charge in [0, 0.05) is 59.4 Å². The van der Waals surface area contributed by atoms with Crippen molar-refractivity contribution in [3.63, 3.8) is 0 Å². The molecule has 1 aliphatic rings. The average Bonchev–Trinajstić information content (AvgIpc) is 2.45. The molecule has 0 saturated carbocycles. The van der Waals surface area contributed by atoms with Gasteiger partial charge in [0.25, 0.3) is 0 Å². The summed E-state index contributed by atoms with van der Waals surface area (Å²) in [5.41, 5.74) is 0. The lowest BCUT2D eigenvalue weighted by Gasteiger charge is -2.29. The summed E-state index contributed by atoms with van der Waals surface area (Å²) in [5.74, 6) is 2.65. The number of rotatable bonds is 5. The van der Waals surface area contributed by atoms with Gasteiger partial charge in [-0.15, -0.1) is 0 Å². The predicted octanol–water partition coefficient (Wildman–Crippen LogP) is 0.168. The molecule has 0 amide bonds. The highest BCUT2D eigenvalue weighted by Gasteiger charge is 2.11. The number of nitrogens with one attached hydrogen (secondary N) is 2. The summed E-state index contributed by atoms with van der Waals surface area (Å²) in [5, 5.41) is 6.44. The third-order valence-corrected chi connectivity index (χ3v) is 3.43. The van der Waals surface area contributed by atoms with Gasteiger partial charge in [-0.3, -0.25) is 4.90 Å². The van der Waals surface area contributed by atoms with Crippen molar-refractivity contribution in [2.24, 2.45) is 0 Å². The molecule has 0 radical (unpaired) electrons. The SMILES string of the molecule is CNc1cc(N(C)CCN2CCNCC2)nc(C)n1. The number of aryl methyl sites for hydroxylation is 1. The van der Waals surface area contributed by atoms with E-state index in [1.54, 1.807) is 0 Å². The number of anilines is 2. The Kier molecular flexibility index (Phi) is 4.93. The van der Waals surface area contributed by atoms with Crippen molar-refractivity contribution in [1.29, 1.82) is 0 Å². The van der Waals surface area contributed by atoms with Crippen molar-refractivity contribution in [2.45, 2.75) is 6.92 Å². The molecule has 0 atom stereocenters. The van der Waals surface area contributed by atoms with Crippen LogP contribution in [0.3, 0.4) is 0 Å². The highest BCUT2D eigenvalue weighted by Crippen LogP contribution is 2.14. The van der Waals surface area contributed by atoms with E-state index in [-0.39, 0.29) is 0 Å². The molecule has 1 aromatic heterocycles. The second kappa shape index (κ2) is 6.68. The van der Waals surface area contributed by atoms with Gasteiger partial charge in [0.15, 0.2) is 0 Å². The van der Waals surface area contributed by atoms with Crippen molar-refractivity contribution >= 4 is 11.6 Å². The van der Waals surface area contributed by atoms with Gasteiger partial charge >= 0.3 is 0 Å². The van der Waals surface area contributed by atoms with E-state index in [4.69, 9.17) is 0 Å². The Bertz CT molecular complexity index is 402. The highest BCUT2D eigenvalue weighted by molar-refractivity contribution is 5.48. The molecule has 0 unspecified atom stereocenters. The quantitative estimate of drug-likeness (QED) is 0.790. The van der Waals surface area contributed by atoms with E-state index in [2.05, 4.69) is 37.4 Å². The van der Waals surface area contributed by atoms with Gasteiger partial charge in [-0.25, -0.2) is 9.97 Å². The fraction of sp³-hybridized carbons (Fsp3) is 0.692. The van der Waals surface area contributed by atoms with E-state index in [9.17, 15) is 0 Å². The lowest BCUT2D eigenvalue weighted by molar-refractivity contribution is 0.246. The normalized spacial score (nSPS) is 16.4. The highest BCUT2D eigenvalue weighted by atomic mass is 15.2. The summed E-state index contributed by atoms with van der Waals surface area (Å²) in [6.07, 6.45) is 0. The van der Waals surface area contributed by atoms with Crippen LogP contribution < -0.4 is 15.5 Å². The zero-order chi connectivity index (χ0) is 13.7. The summed E-state index contributed by atoms with van der Waals surface area (Å²) in [4.78, 5) is 13.5. The van der Waals surface area contributed by atoms with E-state index in [1.165, 1.54) is 0 Å². The van der Waals surface area contributed by atoms with Gasteiger partial charge in [-0.05, 0) is 6.92 Å². The first-order valence-electron chi connectivity index (χ1n) is 6.86. The van der Waals surface area contributed by atoms with Crippen LogP contribution in [0.2, 0.25) is 0 Å². The third kappa shape index (κ3) is 4.04. The van der Waals surface area contributed by atoms with Crippen LogP contribution in [0.1, 0.15) is 5.82 Å². The molecule has 1 saturated heterocycles. The third-order valence-electron chi connectivity index (χ3n) is 3.43. The smallest absolute Gasteiger partial charge is 0.134 e. The Labute approximate surface area is 115 Å². The molecule has 19 heavy (non-hydrogen) atoms. The molecule has 1 aliphatic heterocycles. The zero-order valence-electron chi connectivity index (χ0n) is 12.1. The first-order valence-corrected chi connectivity index (χ1v) is 6.86. The number of piperazine rings is 1. The minimum absolute atomic E-state index is 0.802. The average molecular weight is 264 g/mol. The topological polar surface area (TPSA) is 56.3 Å². The fourth-order valence-corrected chi connectivity index (χ4v) is 2.22. The number of aromatic nitrogens is 2. The minimum atomic E-state index is 0.802. The molecular formula is C13H24N6. The molecule has 1 aromatic rings. The Balaban J connectivity index is 1.91. The molecule has 6 heteroatoms. The molecule has 0 spiro atoms. The number of hydrogen-bond donors (Lipinski definition) is 2. The molecule has 2 heterocycles. The Morgan fingerprint density at radius 2 is 2.11 bits per heavy atom. The van der Waals surface area contributed by atoms with Crippen LogP contribution in [0.25, 0.3) is 0 Å². The van der Waals surface area contributed by atoms with Crippen molar-refractivity contribution in [2.75, 3.05) is 63.6 Å². The lowest BCUT2D eigenvalue weighted by Crippen LogP contribution is -2.46. The van der Waals surface area contributed by atoms with Gasteiger partial charge < -0.3 is 15.5 Å². The maximum absolute atomic E-state index is 4.49. The van der Waals surface area contributed by atoms with Gasteiger partial charge in [-0.1, -0.05) is 0 Å². The van der Waals surface area contributed by atoms with Crippen LogP contribution in [0, 0.1) is 6.92 Å². The van der Waals surface area contributed by atoms with Crippen LogP contribution in [0.5, 0.6) is 0 Å². The summed E-state index contributed by atoms with van der Waals surface area (Å²) in [7, 11) is 3.97. The van der Waals surface area contributed by atoms with Crippen molar-refractivity contribution in [1.82, 2.24) is 20.2 Å². The van der Waals surface area contributed by atoms with Gasteiger partial charge in [0.05, 0.1) is 0 Å². The monoisotopic (exact) mass is 264 g/mol. The van der Waals surface area contributed by atoms with E-state index in [0.29, 0.717) is 0 Å². The summed E-state index contributed by atoms with van der Waals surface area (Å²) >= 11 is 0. The van der Waals surface area contributed by atoms with Gasteiger partial charge in [0.2, 0.25) is 0 Å². The summed E-state index contributed by atoms with van der Waals surface area (Å²) in [6.45, 7) is 8.46. The second-order valence-electron chi connectivity index (χ2n) is 4.92. The first kappa shape index (κ1) is 14.0. The Hall–Kier alpha value is -1.40. The number of hydrogen-bond acceptors (Lipinski definition) is 6. The Morgan fingerprint density at radius 3 is 2.79 bits per heavy atom. The number of likely N-dealkylation sites (N-methyl/N-ethyl adjacent to an activating group) is 1. The minimum Gasteiger partial charge on any atom is -0.373 e. The van der Waals surface area contributed by atoms with Crippen LogP contribution >= 0.6 is 0 Å². The maximum Gasteiger partial charge on any atom is 0.134 e. The molecule has 6 nitrogen and oxygen atoms in total. The molecule has 0 aliphatic carbocycles. The van der Waals surface area contributed by atoms with E-state index in [1.807, 2.05) is 20.0 Å². The summed E-state index contributed by atoms with van der Waals surface area (Å²) in [6, 6.07) is 1.99. The number of nitrogens with zero attached hydrogens (tertiary/aromatic N) is 4. The predicted molar refractivity (Wildman–Crippen MR) is 78.9 cm³/mol. The van der Waals surface area contributed by atoms with Crippen molar-refractivity contribution in [3.05, 3.63) is 11.9 Å². The van der Waals surface area contributed by atoms with Crippen LogP contribution in [-0.2, 0) is 0 Å². The van der Waals surface area contributed by atoms with E-state index in [0.717, 1.165) is 56.7 Å². The molecule has 1 fully saturated rings. The van der Waals surface area contributed by atoms with Crippen LogP contribution in [-0.4, -0.2) is 68.2 Å². The molecule has 0 bridgehead atoms. The zero-order valence-corrected chi connectivity index (χ0v) is 12.1. The van der Waals surface area contributed by atoms with Gasteiger partial charge in [-0.2, -0.15) is 0 Å². The van der Waals surface area contributed by atoms with Crippen LogP contribution in [0.4, 0.5) is 11.6 Å². The van der Waals surface area contributed by atoms with Crippen molar-refractivity contribution in [3.8, 4) is 0 Å². The largest absolute Gasteiger partial charge is 0.373 e. The Morgan fingerprint density at radius 1 is 1.37 bits per heavy atom. The summed E-state index contributed by atoms with van der Waals surface area (Å²) < 4.78 is 0. The standard InChI is InChI=1S/C13H24N6/c1-11-16-12(14-2)10-13(17-11)18(3)8-9-19-6-4-15-5-7-19/h10,15H,4-9H2,1-3H3,(H,14,16,17). The molecule has 0 aromatic carbocycles. The molecule has 2 rings (SSSR count). The maximum atomic E-state index is 4.49. The van der Waals surface area contributed by atoms with Gasteiger partial charge in [0.1, 0.15) is 17.5 Å². The second-order valence-corrected chi connectivity index (χ2v) is 4.92. The first-order chi connectivity index (χ1) is 9.19. The molecular weight excluding hydrogens is 240 g/mol. The van der Waals surface area contributed by atoms with Crippen LogP contribution in [0.15, 0.2) is 6.07 Å². The molecule has 2 N–H and O–H groups in total. The lowest BCUT2D eigenvalue weighted by atomic mass is 10.3. The molecule has 106 valence electrons. The van der Waals surface area contributed by atoms with E-state index < -0.39 is 0 Å². The van der Waals surface area contributed by atoms with Crippen molar-refractivity contribution < 1.29 is 0 Å².